The third-order valence-electron chi connectivity index (χ3n) is 2.96. The Morgan fingerprint density at radius 1 is 1.26 bits per heavy atom. The molecule has 0 aromatic heterocycles. The number of rotatable bonds is 6. The van der Waals surface area contributed by atoms with Gasteiger partial charge in [0, 0.05) is 17.6 Å². The summed E-state index contributed by atoms with van der Waals surface area (Å²) in [4.78, 5) is 11.9. The van der Waals surface area contributed by atoms with Crippen LogP contribution in [-0.2, 0) is 4.79 Å². The zero-order valence-corrected chi connectivity index (χ0v) is 12.0. The lowest BCUT2D eigenvalue weighted by Crippen LogP contribution is -2.45. The van der Waals surface area contributed by atoms with Gasteiger partial charge in [0.25, 0.3) is 0 Å². The number of carbonyl (C=O) groups excluding carboxylic acids is 1. The fraction of sp³-hybridized carbons (Fsp3) is 0.533. The summed E-state index contributed by atoms with van der Waals surface area (Å²) in [6.45, 7) is 7.59. The maximum absolute atomic E-state index is 13.7. The van der Waals surface area contributed by atoms with Gasteiger partial charge in [-0.3, -0.25) is 10.1 Å². The minimum absolute atomic E-state index is 0.0650. The molecule has 0 heterocycles. The molecule has 2 unspecified atom stereocenters. The second-order valence-corrected chi connectivity index (χ2v) is 5.03. The SMILES string of the molecule is CCC(NC(C)C(=O)NC(C)C)c1ccccc1F. The molecule has 0 bridgehead atoms. The van der Waals surface area contributed by atoms with E-state index in [1.807, 2.05) is 26.8 Å². The Balaban J connectivity index is 2.72. The van der Waals surface area contributed by atoms with Crippen molar-refractivity contribution in [3.63, 3.8) is 0 Å². The van der Waals surface area contributed by atoms with Gasteiger partial charge in [0.1, 0.15) is 5.82 Å². The minimum Gasteiger partial charge on any atom is -0.353 e. The third kappa shape index (κ3) is 4.63. The molecule has 2 atom stereocenters. The summed E-state index contributed by atoms with van der Waals surface area (Å²) in [6, 6.07) is 6.26. The Morgan fingerprint density at radius 2 is 1.89 bits per heavy atom. The van der Waals surface area contributed by atoms with Crippen molar-refractivity contribution < 1.29 is 9.18 Å². The normalized spacial score (nSPS) is 14.2. The van der Waals surface area contributed by atoms with E-state index in [0.717, 1.165) is 6.42 Å². The van der Waals surface area contributed by atoms with Crippen LogP contribution in [0.25, 0.3) is 0 Å². The standard InChI is InChI=1S/C15H23FN2O/c1-5-14(12-8-6-7-9-13(12)16)18-11(4)15(19)17-10(2)3/h6-11,14,18H,5H2,1-4H3,(H,17,19). The van der Waals surface area contributed by atoms with Gasteiger partial charge in [0.05, 0.1) is 6.04 Å². The highest BCUT2D eigenvalue weighted by atomic mass is 19.1. The van der Waals surface area contributed by atoms with E-state index in [0.29, 0.717) is 5.56 Å². The number of nitrogens with one attached hydrogen (secondary N) is 2. The zero-order chi connectivity index (χ0) is 14.4. The second kappa shape index (κ2) is 7.24. The fourth-order valence-electron chi connectivity index (χ4n) is 1.97. The van der Waals surface area contributed by atoms with Crippen molar-refractivity contribution in [2.45, 2.75) is 52.2 Å². The van der Waals surface area contributed by atoms with Crippen LogP contribution < -0.4 is 10.6 Å². The van der Waals surface area contributed by atoms with Gasteiger partial charge in [-0.15, -0.1) is 0 Å². The molecule has 2 N–H and O–H groups in total. The van der Waals surface area contributed by atoms with Crippen LogP contribution in [0, 0.1) is 5.82 Å². The van der Waals surface area contributed by atoms with Crippen molar-refractivity contribution in [3.8, 4) is 0 Å². The summed E-state index contributed by atoms with van der Waals surface area (Å²) in [5.74, 6) is -0.303. The Morgan fingerprint density at radius 3 is 2.42 bits per heavy atom. The van der Waals surface area contributed by atoms with Crippen LogP contribution in [0.2, 0.25) is 0 Å². The maximum atomic E-state index is 13.7. The number of halogens is 1. The second-order valence-electron chi connectivity index (χ2n) is 5.03. The smallest absolute Gasteiger partial charge is 0.237 e. The van der Waals surface area contributed by atoms with Gasteiger partial charge in [0.2, 0.25) is 5.91 Å². The summed E-state index contributed by atoms with van der Waals surface area (Å²) < 4.78 is 13.7. The predicted octanol–water partition coefficient (Wildman–Crippen LogP) is 2.78. The number of hydrogen-bond donors (Lipinski definition) is 2. The molecule has 19 heavy (non-hydrogen) atoms. The quantitative estimate of drug-likeness (QED) is 0.831. The van der Waals surface area contributed by atoms with Crippen molar-refractivity contribution in [1.82, 2.24) is 10.6 Å². The van der Waals surface area contributed by atoms with E-state index < -0.39 is 0 Å². The number of benzene rings is 1. The fourth-order valence-corrected chi connectivity index (χ4v) is 1.97. The van der Waals surface area contributed by atoms with E-state index in [2.05, 4.69) is 10.6 Å². The number of hydrogen-bond acceptors (Lipinski definition) is 2. The van der Waals surface area contributed by atoms with Crippen molar-refractivity contribution in [3.05, 3.63) is 35.6 Å². The Hall–Kier alpha value is -1.42. The minimum atomic E-state index is -0.355. The highest BCUT2D eigenvalue weighted by Crippen LogP contribution is 2.20. The van der Waals surface area contributed by atoms with E-state index in [9.17, 15) is 9.18 Å². The monoisotopic (exact) mass is 266 g/mol. The van der Waals surface area contributed by atoms with Gasteiger partial charge >= 0.3 is 0 Å². The predicted molar refractivity (Wildman–Crippen MR) is 75.3 cm³/mol. The summed E-state index contributed by atoms with van der Waals surface area (Å²) in [7, 11) is 0. The van der Waals surface area contributed by atoms with Crippen molar-refractivity contribution >= 4 is 5.91 Å². The molecule has 4 heteroatoms. The molecule has 0 spiro atoms. The van der Waals surface area contributed by atoms with Gasteiger partial charge < -0.3 is 5.32 Å². The Bertz CT molecular complexity index is 420. The van der Waals surface area contributed by atoms with Crippen LogP contribution in [0.3, 0.4) is 0 Å². The maximum Gasteiger partial charge on any atom is 0.237 e. The molecule has 0 saturated carbocycles. The summed E-state index contributed by atoms with van der Waals surface area (Å²) in [5.41, 5.74) is 0.606. The first-order valence-corrected chi connectivity index (χ1v) is 6.76. The molecular weight excluding hydrogens is 243 g/mol. The highest BCUT2D eigenvalue weighted by Gasteiger charge is 2.20. The molecule has 1 rings (SSSR count). The largest absolute Gasteiger partial charge is 0.353 e. The van der Waals surface area contributed by atoms with Crippen LogP contribution in [0.15, 0.2) is 24.3 Å². The number of amides is 1. The van der Waals surface area contributed by atoms with E-state index >= 15 is 0 Å². The van der Waals surface area contributed by atoms with Gasteiger partial charge in [-0.05, 0) is 33.3 Å². The van der Waals surface area contributed by atoms with Crippen molar-refractivity contribution in [2.24, 2.45) is 0 Å². The van der Waals surface area contributed by atoms with E-state index in [-0.39, 0.29) is 29.8 Å². The van der Waals surface area contributed by atoms with E-state index in [1.165, 1.54) is 6.07 Å². The lowest BCUT2D eigenvalue weighted by Gasteiger charge is -2.23. The average Bonchev–Trinajstić information content (AvgIpc) is 2.35. The summed E-state index contributed by atoms with van der Waals surface area (Å²) in [5, 5.41) is 6.02. The topological polar surface area (TPSA) is 41.1 Å². The molecule has 3 nitrogen and oxygen atoms in total. The van der Waals surface area contributed by atoms with Crippen LogP contribution in [0.1, 0.15) is 45.7 Å². The third-order valence-corrected chi connectivity index (χ3v) is 2.96. The molecule has 1 aromatic carbocycles. The number of carbonyl (C=O) groups is 1. The lowest BCUT2D eigenvalue weighted by atomic mass is 10.0. The van der Waals surface area contributed by atoms with Gasteiger partial charge in [-0.25, -0.2) is 4.39 Å². The van der Waals surface area contributed by atoms with E-state index in [1.54, 1.807) is 19.1 Å². The van der Waals surface area contributed by atoms with Gasteiger partial charge in [0.15, 0.2) is 0 Å². The molecule has 0 fully saturated rings. The van der Waals surface area contributed by atoms with Crippen LogP contribution in [-0.4, -0.2) is 18.0 Å². The molecule has 1 aromatic rings. The first kappa shape index (κ1) is 15.6. The first-order valence-electron chi connectivity index (χ1n) is 6.76. The van der Waals surface area contributed by atoms with Crippen molar-refractivity contribution in [1.29, 1.82) is 0 Å². The van der Waals surface area contributed by atoms with Gasteiger partial charge in [-0.1, -0.05) is 25.1 Å². The molecule has 0 aliphatic heterocycles. The van der Waals surface area contributed by atoms with E-state index in [4.69, 9.17) is 0 Å². The Kier molecular flexibility index (Phi) is 5.96. The molecule has 1 amide bonds. The van der Waals surface area contributed by atoms with Crippen molar-refractivity contribution in [2.75, 3.05) is 0 Å². The molecule has 0 saturated heterocycles. The first-order chi connectivity index (χ1) is 8.95. The molecule has 106 valence electrons. The molecule has 0 aliphatic carbocycles. The van der Waals surface area contributed by atoms with Gasteiger partial charge in [-0.2, -0.15) is 0 Å². The van der Waals surface area contributed by atoms with Crippen LogP contribution in [0.4, 0.5) is 4.39 Å². The highest BCUT2D eigenvalue weighted by molar-refractivity contribution is 5.81. The zero-order valence-electron chi connectivity index (χ0n) is 12.0. The molecular formula is C15H23FN2O. The van der Waals surface area contributed by atoms with Crippen LogP contribution in [0.5, 0.6) is 0 Å². The lowest BCUT2D eigenvalue weighted by molar-refractivity contribution is -0.123. The average molecular weight is 266 g/mol. The summed E-state index contributed by atoms with van der Waals surface area (Å²) >= 11 is 0. The summed E-state index contributed by atoms with van der Waals surface area (Å²) in [6.07, 6.45) is 0.722. The Labute approximate surface area is 114 Å². The molecule has 0 radical (unpaired) electrons. The molecule has 0 aliphatic rings. The van der Waals surface area contributed by atoms with Crippen LogP contribution >= 0.6 is 0 Å².